The molecule has 1 aliphatic carbocycles. The SMILES string of the molecule is Cc1nnc(N(C)C2CCCC2)c(C(N)=S)c1C. The van der Waals surface area contributed by atoms with Crippen LogP contribution in [0.4, 0.5) is 5.82 Å². The monoisotopic (exact) mass is 264 g/mol. The minimum atomic E-state index is 0.408. The quantitative estimate of drug-likeness (QED) is 0.847. The van der Waals surface area contributed by atoms with Crippen LogP contribution in [0.1, 0.15) is 42.5 Å². The molecule has 0 aliphatic heterocycles. The predicted octanol–water partition coefficient (Wildman–Crippen LogP) is 2.11. The van der Waals surface area contributed by atoms with Crippen molar-refractivity contribution in [2.24, 2.45) is 5.73 Å². The Bertz CT molecular complexity index is 466. The molecule has 2 N–H and O–H groups in total. The number of nitrogens with zero attached hydrogens (tertiary/aromatic N) is 3. The summed E-state index contributed by atoms with van der Waals surface area (Å²) in [5.74, 6) is 0.831. The molecule has 0 unspecified atom stereocenters. The second-order valence-corrected chi connectivity index (χ2v) is 5.46. The van der Waals surface area contributed by atoms with Crippen molar-refractivity contribution in [3.05, 3.63) is 16.8 Å². The molecular formula is C13H20N4S. The normalized spacial score (nSPS) is 15.9. The maximum atomic E-state index is 5.86. The van der Waals surface area contributed by atoms with Crippen molar-refractivity contribution < 1.29 is 0 Å². The lowest BCUT2D eigenvalue weighted by atomic mass is 10.1. The molecule has 98 valence electrons. The van der Waals surface area contributed by atoms with Gasteiger partial charge in [0.25, 0.3) is 0 Å². The smallest absolute Gasteiger partial charge is 0.161 e. The Morgan fingerprint density at radius 1 is 1.28 bits per heavy atom. The number of aryl methyl sites for hydroxylation is 1. The fourth-order valence-electron chi connectivity index (χ4n) is 2.60. The highest BCUT2D eigenvalue weighted by Gasteiger charge is 2.24. The number of anilines is 1. The third kappa shape index (κ3) is 2.32. The van der Waals surface area contributed by atoms with Gasteiger partial charge in [-0.25, -0.2) is 0 Å². The first-order valence-corrected chi connectivity index (χ1v) is 6.79. The molecule has 0 aromatic carbocycles. The van der Waals surface area contributed by atoms with Gasteiger partial charge in [0.1, 0.15) is 4.99 Å². The summed E-state index contributed by atoms with van der Waals surface area (Å²) >= 11 is 5.17. The zero-order valence-electron chi connectivity index (χ0n) is 11.2. The van der Waals surface area contributed by atoms with Gasteiger partial charge in [0, 0.05) is 13.1 Å². The summed E-state index contributed by atoms with van der Waals surface area (Å²) in [4.78, 5) is 2.60. The Morgan fingerprint density at radius 2 is 1.89 bits per heavy atom. The van der Waals surface area contributed by atoms with E-state index in [-0.39, 0.29) is 0 Å². The van der Waals surface area contributed by atoms with Crippen molar-refractivity contribution in [3.8, 4) is 0 Å². The molecule has 1 aromatic rings. The molecule has 4 nitrogen and oxygen atoms in total. The maximum Gasteiger partial charge on any atom is 0.161 e. The van der Waals surface area contributed by atoms with Crippen molar-refractivity contribution in [1.82, 2.24) is 10.2 Å². The third-order valence-corrected chi connectivity index (χ3v) is 4.09. The van der Waals surface area contributed by atoms with E-state index < -0.39 is 0 Å². The zero-order chi connectivity index (χ0) is 13.3. The van der Waals surface area contributed by atoms with Crippen LogP contribution in [0.15, 0.2) is 0 Å². The number of rotatable bonds is 3. The van der Waals surface area contributed by atoms with E-state index in [2.05, 4.69) is 22.1 Å². The first kappa shape index (κ1) is 13.2. The average molecular weight is 264 g/mol. The van der Waals surface area contributed by atoms with Gasteiger partial charge in [0.15, 0.2) is 5.82 Å². The van der Waals surface area contributed by atoms with Crippen molar-refractivity contribution in [2.75, 3.05) is 11.9 Å². The summed E-state index contributed by atoms with van der Waals surface area (Å²) in [5.41, 5.74) is 8.67. The molecule has 5 heteroatoms. The van der Waals surface area contributed by atoms with E-state index in [1.54, 1.807) is 0 Å². The van der Waals surface area contributed by atoms with Crippen LogP contribution in [0.25, 0.3) is 0 Å². The molecule has 1 fully saturated rings. The highest BCUT2D eigenvalue weighted by Crippen LogP contribution is 2.29. The Balaban J connectivity index is 2.43. The van der Waals surface area contributed by atoms with Gasteiger partial charge in [-0.2, -0.15) is 5.10 Å². The molecule has 0 saturated heterocycles. The number of nitrogens with two attached hydrogens (primary N) is 1. The summed E-state index contributed by atoms with van der Waals surface area (Å²) in [6, 6.07) is 0.537. The minimum absolute atomic E-state index is 0.408. The lowest BCUT2D eigenvalue weighted by Gasteiger charge is -2.27. The Labute approximate surface area is 114 Å². The highest BCUT2D eigenvalue weighted by molar-refractivity contribution is 7.80. The van der Waals surface area contributed by atoms with E-state index in [0.717, 1.165) is 22.6 Å². The van der Waals surface area contributed by atoms with E-state index in [9.17, 15) is 0 Å². The van der Waals surface area contributed by atoms with Gasteiger partial charge in [-0.05, 0) is 32.3 Å². The summed E-state index contributed by atoms with van der Waals surface area (Å²) in [5, 5.41) is 8.52. The summed E-state index contributed by atoms with van der Waals surface area (Å²) < 4.78 is 0. The average Bonchev–Trinajstić information content (AvgIpc) is 2.84. The van der Waals surface area contributed by atoms with Crippen molar-refractivity contribution >= 4 is 23.0 Å². The molecule has 2 rings (SSSR count). The van der Waals surface area contributed by atoms with Gasteiger partial charge in [-0.3, -0.25) is 0 Å². The first-order valence-electron chi connectivity index (χ1n) is 6.39. The molecule has 0 bridgehead atoms. The predicted molar refractivity (Wildman–Crippen MR) is 78.1 cm³/mol. The van der Waals surface area contributed by atoms with Crippen LogP contribution in [-0.4, -0.2) is 28.3 Å². The molecule has 0 atom stereocenters. The molecule has 1 aliphatic rings. The van der Waals surface area contributed by atoms with Crippen LogP contribution < -0.4 is 10.6 Å². The number of thiocarbonyl (C=S) groups is 1. The zero-order valence-corrected chi connectivity index (χ0v) is 12.0. The van der Waals surface area contributed by atoms with Crippen LogP contribution >= 0.6 is 12.2 Å². The molecule has 18 heavy (non-hydrogen) atoms. The molecule has 1 saturated carbocycles. The van der Waals surface area contributed by atoms with Gasteiger partial charge in [0.05, 0.1) is 11.3 Å². The Hall–Kier alpha value is -1.23. The van der Waals surface area contributed by atoms with Gasteiger partial charge in [-0.1, -0.05) is 25.1 Å². The summed E-state index contributed by atoms with van der Waals surface area (Å²) in [6.45, 7) is 3.94. The first-order chi connectivity index (χ1) is 8.52. The molecule has 0 radical (unpaired) electrons. The largest absolute Gasteiger partial charge is 0.389 e. The fraction of sp³-hybridized carbons (Fsp3) is 0.615. The van der Waals surface area contributed by atoms with E-state index in [4.69, 9.17) is 18.0 Å². The van der Waals surface area contributed by atoms with Gasteiger partial charge in [-0.15, -0.1) is 5.10 Å². The molecule has 0 spiro atoms. The maximum absolute atomic E-state index is 5.86. The van der Waals surface area contributed by atoms with Crippen LogP contribution in [0.3, 0.4) is 0 Å². The van der Waals surface area contributed by atoms with E-state index in [1.165, 1.54) is 25.7 Å². The standard InChI is InChI=1S/C13H20N4S/c1-8-9(2)15-16-13(11(8)12(14)18)17(3)10-6-4-5-7-10/h10H,4-7H2,1-3H3,(H2,14,18). The topological polar surface area (TPSA) is 55.0 Å². The van der Waals surface area contributed by atoms with Crippen LogP contribution in [0.5, 0.6) is 0 Å². The Morgan fingerprint density at radius 3 is 2.44 bits per heavy atom. The van der Waals surface area contributed by atoms with Crippen LogP contribution in [0, 0.1) is 13.8 Å². The minimum Gasteiger partial charge on any atom is -0.389 e. The highest BCUT2D eigenvalue weighted by atomic mass is 32.1. The summed E-state index contributed by atoms with van der Waals surface area (Å²) in [7, 11) is 2.07. The van der Waals surface area contributed by atoms with E-state index in [0.29, 0.717) is 11.0 Å². The second-order valence-electron chi connectivity index (χ2n) is 5.02. The molecule has 1 aromatic heterocycles. The second kappa shape index (κ2) is 5.18. The van der Waals surface area contributed by atoms with Gasteiger partial charge < -0.3 is 10.6 Å². The van der Waals surface area contributed by atoms with Crippen LogP contribution in [0.2, 0.25) is 0 Å². The lowest BCUT2D eigenvalue weighted by molar-refractivity contribution is 0.640. The molecule has 1 heterocycles. The van der Waals surface area contributed by atoms with Crippen molar-refractivity contribution in [1.29, 1.82) is 0 Å². The Kier molecular flexibility index (Phi) is 3.80. The van der Waals surface area contributed by atoms with Gasteiger partial charge in [0.2, 0.25) is 0 Å². The summed E-state index contributed by atoms with van der Waals surface area (Å²) in [6.07, 6.45) is 5.00. The number of aromatic nitrogens is 2. The lowest BCUT2D eigenvalue weighted by Crippen LogP contribution is -2.32. The van der Waals surface area contributed by atoms with Crippen molar-refractivity contribution in [2.45, 2.75) is 45.6 Å². The van der Waals surface area contributed by atoms with Crippen molar-refractivity contribution in [3.63, 3.8) is 0 Å². The number of hydrogen-bond donors (Lipinski definition) is 1. The molecular weight excluding hydrogens is 244 g/mol. The molecule has 0 amide bonds. The van der Waals surface area contributed by atoms with Crippen LogP contribution in [-0.2, 0) is 0 Å². The van der Waals surface area contributed by atoms with Gasteiger partial charge >= 0.3 is 0 Å². The fourth-order valence-corrected chi connectivity index (χ4v) is 2.85. The van der Waals surface area contributed by atoms with E-state index in [1.807, 2.05) is 13.8 Å². The van der Waals surface area contributed by atoms with E-state index >= 15 is 0 Å². The third-order valence-electron chi connectivity index (χ3n) is 3.89. The number of hydrogen-bond acceptors (Lipinski definition) is 4.